The van der Waals surface area contributed by atoms with Crippen LogP contribution < -0.4 is 0 Å². The van der Waals surface area contributed by atoms with Crippen molar-refractivity contribution in [2.45, 2.75) is 19.4 Å². The van der Waals surface area contributed by atoms with E-state index < -0.39 is 10.3 Å². The van der Waals surface area contributed by atoms with Gasteiger partial charge in [-0.2, -0.15) is 12.7 Å². The van der Waals surface area contributed by atoms with Gasteiger partial charge in [0, 0.05) is 13.6 Å². The molecule has 5 heteroatoms. The van der Waals surface area contributed by atoms with E-state index in [9.17, 15) is 8.42 Å². The summed E-state index contributed by atoms with van der Waals surface area (Å²) in [5.74, 6) is 0. The van der Waals surface area contributed by atoms with E-state index in [4.69, 9.17) is 0 Å². The maximum Gasteiger partial charge on any atom is 0.338 e. The third-order valence-corrected chi connectivity index (χ3v) is 3.04. The zero-order valence-corrected chi connectivity index (χ0v) is 6.89. The minimum absolute atomic E-state index is 0.166. The van der Waals surface area contributed by atoms with Crippen LogP contribution in [0.3, 0.4) is 0 Å². The van der Waals surface area contributed by atoms with Gasteiger partial charge in [0.15, 0.2) is 0 Å². The maximum atomic E-state index is 10.9. The maximum absolute atomic E-state index is 10.9. The summed E-state index contributed by atoms with van der Waals surface area (Å²) in [7, 11) is -1.86. The summed E-state index contributed by atoms with van der Waals surface area (Å²) < 4.78 is 27.7. The Balaban J connectivity index is 2.74. The van der Waals surface area contributed by atoms with Crippen molar-refractivity contribution in [2.75, 3.05) is 13.6 Å². The molecule has 1 fully saturated rings. The van der Waals surface area contributed by atoms with Crippen molar-refractivity contribution in [3.05, 3.63) is 0 Å². The van der Waals surface area contributed by atoms with Crippen LogP contribution in [0, 0.1) is 0 Å². The Bertz CT molecular complexity index is 211. The molecule has 0 spiro atoms. The summed E-state index contributed by atoms with van der Waals surface area (Å²) in [6.07, 6.45) is 0.608. The predicted molar refractivity (Wildman–Crippen MR) is 36.7 cm³/mol. The topological polar surface area (TPSA) is 46.6 Å². The third kappa shape index (κ3) is 1.47. The molecule has 0 aliphatic carbocycles. The normalized spacial score (nSPS) is 34.0. The molecule has 1 saturated heterocycles. The van der Waals surface area contributed by atoms with Crippen LogP contribution in [0.2, 0.25) is 0 Å². The van der Waals surface area contributed by atoms with E-state index in [1.54, 1.807) is 6.92 Å². The van der Waals surface area contributed by atoms with Gasteiger partial charge in [0.2, 0.25) is 0 Å². The van der Waals surface area contributed by atoms with Gasteiger partial charge in [0.25, 0.3) is 0 Å². The van der Waals surface area contributed by atoms with E-state index in [0.29, 0.717) is 6.54 Å². The molecule has 10 heavy (non-hydrogen) atoms. The Morgan fingerprint density at radius 1 is 1.60 bits per heavy atom. The molecule has 0 aromatic rings. The summed E-state index contributed by atoms with van der Waals surface area (Å²) >= 11 is 0. The minimum atomic E-state index is -3.38. The lowest BCUT2D eigenvalue weighted by Crippen LogP contribution is -2.38. The van der Waals surface area contributed by atoms with Crippen molar-refractivity contribution >= 4 is 10.3 Å². The molecule has 1 rings (SSSR count). The lowest BCUT2D eigenvalue weighted by atomic mass is 10.3. The van der Waals surface area contributed by atoms with Crippen LogP contribution in [0.25, 0.3) is 0 Å². The quantitative estimate of drug-likeness (QED) is 0.506. The largest absolute Gasteiger partial charge is 0.338 e. The molecule has 0 saturated carbocycles. The molecule has 0 unspecified atom stereocenters. The highest BCUT2D eigenvalue weighted by Crippen LogP contribution is 2.14. The van der Waals surface area contributed by atoms with Crippen molar-refractivity contribution in [1.82, 2.24) is 4.31 Å². The standard InChI is InChI=1S/C5H11NO3S/c1-5-3-4-6(2)10(7,8)9-5/h5H,3-4H2,1-2H3/t5-/m0/s1. The van der Waals surface area contributed by atoms with Gasteiger partial charge >= 0.3 is 10.3 Å². The van der Waals surface area contributed by atoms with Crippen molar-refractivity contribution in [2.24, 2.45) is 0 Å². The van der Waals surface area contributed by atoms with E-state index in [1.165, 1.54) is 11.4 Å². The lowest BCUT2D eigenvalue weighted by molar-refractivity contribution is 0.158. The Labute approximate surface area is 61.0 Å². The van der Waals surface area contributed by atoms with E-state index in [-0.39, 0.29) is 6.10 Å². The lowest BCUT2D eigenvalue weighted by Gasteiger charge is -2.25. The highest BCUT2D eigenvalue weighted by atomic mass is 32.2. The molecule has 1 atom stereocenters. The van der Waals surface area contributed by atoms with Crippen molar-refractivity contribution in [1.29, 1.82) is 0 Å². The second-order valence-corrected chi connectivity index (χ2v) is 4.15. The fraction of sp³-hybridized carbons (Fsp3) is 1.00. The molecular formula is C5H11NO3S. The number of hydrogen-bond donors (Lipinski definition) is 0. The monoisotopic (exact) mass is 165 g/mol. The molecule has 0 aromatic heterocycles. The van der Waals surface area contributed by atoms with Gasteiger partial charge in [0.1, 0.15) is 0 Å². The second kappa shape index (κ2) is 2.48. The predicted octanol–water partition coefficient (Wildman–Crippen LogP) is -0.0282. The van der Waals surface area contributed by atoms with Gasteiger partial charge in [-0.3, -0.25) is 4.18 Å². The Kier molecular flexibility index (Phi) is 1.98. The first-order valence-electron chi connectivity index (χ1n) is 3.17. The average Bonchev–Trinajstić information content (AvgIpc) is 1.78. The van der Waals surface area contributed by atoms with E-state index in [1.807, 2.05) is 0 Å². The Morgan fingerprint density at radius 3 is 2.60 bits per heavy atom. The van der Waals surface area contributed by atoms with Gasteiger partial charge in [-0.05, 0) is 13.3 Å². The van der Waals surface area contributed by atoms with Crippen molar-refractivity contribution < 1.29 is 12.6 Å². The van der Waals surface area contributed by atoms with Gasteiger partial charge in [0.05, 0.1) is 6.10 Å². The summed E-state index contributed by atoms with van der Waals surface area (Å²) in [4.78, 5) is 0. The van der Waals surface area contributed by atoms with Crippen LogP contribution in [0.15, 0.2) is 0 Å². The van der Waals surface area contributed by atoms with E-state index in [0.717, 1.165) is 6.42 Å². The number of nitrogens with zero attached hydrogens (tertiary/aromatic N) is 1. The van der Waals surface area contributed by atoms with Crippen molar-refractivity contribution in [3.8, 4) is 0 Å². The summed E-state index contributed by atoms with van der Waals surface area (Å²) in [5, 5.41) is 0. The Hall–Kier alpha value is -0.130. The van der Waals surface area contributed by atoms with E-state index in [2.05, 4.69) is 4.18 Å². The first-order chi connectivity index (χ1) is 4.52. The van der Waals surface area contributed by atoms with Gasteiger partial charge in [-0.25, -0.2) is 0 Å². The van der Waals surface area contributed by atoms with Crippen LogP contribution in [0.5, 0.6) is 0 Å². The molecule has 0 amide bonds. The SMILES string of the molecule is C[C@H]1CCN(C)S(=O)(=O)O1. The van der Waals surface area contributed by atoms with Gasteiger partial charge in [-0.15, -0.1) is 0 Å². The highest BCUT2D eigenvalue weighted by molar-refractivity contribution is 7.84. The second-order valence-electron chi connectivity index (χ2n) is 2.47. The molecular weight excluding hydrogens is 154 g/mol. The van der Waals surface area contributed by atoms with Crippen LogP contribution >= 0.6 is 0 Å². The molecule has 1 aliphatic rings. The molecule has 0 bridgehead atoms. The Morgan fingerprint density at radius 2 is 2.20 bits per heavy atom. The molecule has 0 aromatic carbocycles. The average molecular weight is 165 g/mol. The fourth-order valence-corrected chi connectivity index (χ4v) is 1.79. The summed E-state index contributed by atoms with van der Waals surface area (Å²) in [6, 6.07) is 0. The van der Waals surface area contributed by atoms with Crippen LogP contribution in [-0.4, -0.2) is 32.4 Å². The molecule has 1 aliphatic heterocycles. The van der Waals surface area contributed by atoms with Crippen LogP contribution in [-0.2, 0) is 14.5 Å². The molecule has 0 N–H and O–H groups in total. The van der Waals surface area contributed by atoms with Gasteiger partial charge < -0.3 is 0 Å². The molecule has 4 nitrogen and oxygen atoms in total. The molecule has 0 radical (unpaired) electrons. The summed E-state index contributed by atoms with van der Waals surface area (Å²) in [6.45, 7) is 2.31. The number of hydrogen-bond acceptors (Lipinski definition) is 3. The van der Waals surface area contributed by atoms with Crippen LogP contribution in [0.4, 0.5) is 0 Å². The van der Waals surface area contributed by atoms with Crippen LogP contribution in [0.1, 0.15) is 13.3 Å². The summed E-state index contributed by atoms with van der Waals surface area (Å²) in [5.41, 5.74) is 0. The highest BCUT2D eigenvalue weighted by Gasteiger charge is 2.27. The first-order valence-corrected chi connectivity index (χ1v) is 4.53. The zero-order chi connectivity index (χ0) is 7.78. The zero-order valence-electron chi connectivity index (χ0n) is 6.07. The van der Waals surface area contributed by atoms with Crippen molar-refractivity contribution in [3.63, 3.8) is 0 Å². The van der Waals surface area contributed by atoms with Gasteiger partial charge in [-0.1, -0.05) is 0 Å². The smallest absolute Gasteiger partial charge is 0.255 e. The molecule has 60 valence electrons. The molecule has 1 heterocycles. The first kappa shape index (κ1) is 7.97. The van der Waals surface area contributed by atoms with E-state index >= 15 is 0 Å². The minimum Gasteiger partial charge on any atom is -0.255 e. The number of rotatable bonds is 0. The fourth-order valence-electron chi connectivity index (χ4n) is 0.805. The third-order valence-electron chi connectivity index (χ3n) is 1.52.